The van der Waals surface area contributed by atoms with Gasteiger partial charge in [0.05, 0.1) is 0 Å². The molecule has 0 atom stereocenters. The molecule has 0 aliphatic rings. The molecule has 0 aliphatic carbocycles. The summed E-state index contributed by atoms with van der Waals surface area (Å²) in [5, 5.41) is 4.52. The van der Waals surface area contributed by atoms with Gasteiger partial charge >= 0.3 is 0 Å². The van der Waals surface area contributed by atoms with E-state index in [4.69, 9.17) is 5.73 Å². The van der Waals surface area contributed by atoms with Crippen LogP contribution in [0.3, 0.4) is 0 Å². The number of hydrogen-bond acceptors (Lipinski definition) is 1. The van der Waals surface area contributed by atoms with E-state index in [9.17, 15) is 0 Å². The number of nitrogens with two attached hydrogens (primary N) is 1. The van der Waals surface area contributed by atoms with E-state index in [0.717, 1.165) is 25.9 Å². The third-order valence-electron chi connectivity index (χ3n) is 3.68. The molecule has 1 aromatic carbocycles. The molecule has 1 aromatic heterocycles. The van der Waals surface area contributed by atoms with E-state index in [1.165, 1.54) is 22.0 Å². The molecule has 0 radical (unpaired) electrons. The quantitative estimate of drug-likeness (QED) is 0.384. The Bertz CT molecular complexity index is 616. The number of aromatic nitrogens is 1. The van der Waals surface area contributed by atoms with E-state index in [2.05, 4.69) is 60.5 Å². The van der Waals surface area contributed by atoms with Crippen molar-refractivity contribution in [2.75, 3.05) is 13.1 Å². The fraction of sp³-hybridized carbons (Fsp3) is 0.471. The van der Waals surface area contributed by atoms with Crippen LogP contribution in [0.5, 0.6) is 0 Å². The monoisotopic (exact) mass is 414 g/mol. The Labute approximate surface area is 150 Å². The molecule has 2 rings (SSSR count). The Hall–Kier alpha value is -1.24. The van der Waals surface area contributed by atoms with Crippen molar-refractivity contribution in [3.05, 3.63) is 35.5 Å². The molecule has 0 unspecified atom stereocenters. The van der Waals surface area contributed by atoms with Crippen LogP contribution in [-0.4, -0.2) is 24.0 Å². The third kappa shape index (κ3) is 5.19. The molecule has 2 aromatic rings. The van der Waals surface area contributed by atoms with Gasteiger partial charge in [-0.2, -0.15) is 0 Å². The second kappa shape index (κ2) is 9.02. The summed E-state index contributed by atoms with van der Waals surface area (Å²) < 4.78 is 0. The zero-order chi connectivity index (χ0) is 15.2. The molecule has 122 valence electrons. The Morgan fingerprint density at radius 3 is 2.86 bits per heavy atom. The lowest BCUT2D eigenvalue weighted by molar-refractivity contribution is 0.595. The van der Waals surface area contributed by atoms with Crippen LogP contribution in [0.15, 0.2) is 29.4 Å². The van der Waals surface area contributed by atoms with Crippen molar-refractivity contribution >= 4 is 40.8 Å². The number of aryl methyl sites for hydroxylation is 1. The number of hydrogen-bond donors (Lipinski definition) is 3. The summed E-state index contributed by atoms with van der Waals surface area (Å²) >= 11 is 0. The number of aliphatic imine (C=N–C) groups is 1. The van der Waals surface area contributed by atoms with Crippen LogP contribution in [0.25, 0.3) is 10.9 Å². The number of halogens is 1. The van der Waals surface area contributed by atoms with Crippen molar-refractivity contribution < 1.29 is 0 Å². The topological polar surface area (TPSA) is 66.2 Å². The van der Waals surface area contributed by atoms with Crippen LogP contribution in [0.2, 0.25) is 0 Å². The molecule has 0 amide bonds. The van der Waals surface area contributed by atoms with Crippen molar-refractivity contribution in [2.24, 2.45) is 16.6 Å². The molecule has 0 saturated heterocycles. The fourth-order valence-corrected chi connectivity index (χ4v) is 2.47. The van der Waals surface area contributed by atoms with Crippen molar-refractivity contribution in [3.63, 3.8) is 0 Å². The van der Waals surface area contributed by atoms with Crippen molar-refractivity contribution in [2.45, 2.75) is 33.6 Å². The van der Waals surface area contributed by atoms with Gasteiger partial charge in [0, 0.05) is 30.2 Å². The maximum Gasteiger partial charge on any atom is 0.188 e. The van der Waals surface area contributed by atoms with Gasteiger partial charge in [0.2, 0.25) is 0 Å². The molecule has 0 aliphatic heterocycles. The summed E-state index contributed by atoms with van der Waals surface area (Å²) in [7, 11) is 0. The summed E-state index contributed by atoms with van der Waals surface area (Å²) in [6.45, 7) is 8.13. The lowest BCUT2D eigenvalue weighted by atomic mass is 10.1. The Morgan fingerprint density at radius 1 is 1.36 bits per heavy atom. The lowest BCUT2D eigenvalue weighted by Crippen LogP contribution is -2.33. The zero-order valence-electron chi connectivity index (χ0n) is 13.6. The van der Waals surface area contributed by atoms with Crippen LogP contribution in [0, 0.1) is 12.8 Å². The molecular formula is C17H27IN4. The van der Waals surface area contributed by atoms with E-state index in [1.807, 2.05) is 0 Å². The van der Waals surface area contributed by atoms with Gasteiger partial charge in [-0.3, -0.25) is 4.99 Å². The summed E-state index contributed by atoms with van der Waals surface area (Å²) in [4.78, 5) is 7.66. The number of rotatable bonds is 6. The summed E-state index contributed by atoms with van der Waals surface area (Å²) in [5.41, 5.74) is 9.70. The lowest BCUT2D eigenvalue weighted by Gasteiger charge is -2.07. The predicted molar refractivity (Wildman–Crippen MR) is 106 cm³/mol. The molecule has 22 heavy (non-hydrogen) atoms. The van der Waals surface area contributed by atoms with E-state index in [0.29, 0.717) is 11.9 Å². The number of nitrogens with zero attached hydrogens (tertiary/aromatic N) is 1. The Kier molecular flexibility index (Phi) is 7.72. The van der Waals surface area contributed by atoms with Crippen molar-refractivity contribution in [1.82, 2.24) is 10.3 Å². The number of fused-ring (bicyclic) bond motifs is 1. The molecule has 0 bridgehead atoms. The second-order valence-corrected chi connectivity index (χ2v) is 5.94. The van der Waals surface area contributed by atoms with Gasteiger partial charge < -0.3 is 16.0 Å². The summed E-state index contributed by atoms with van der Waals surface area (Å²) in [5.74, 6) is 1.21. The van der Waals surface area contributed by atoms with E-state index >= 15 is 0 Å². The Morgan fingerprint density at radius 2 is 2.14 bits per heavy atom. The number of aromatic amines is 1. The highest BCUT2D eigenvalue weighted by molar-refractivity contribution is 14.0. The van der Waals surface area contributed by atoms with E-state index in [1.54, 1.807) is 0 Å². The van der Waals surface area contributed by atoms with E-state index in [-0.39, 0.29) is 24.0 Å². The first-order chi connectivity index (χ1) is 10.1. The minimum atomic E-state index is 0. The SMILES string of the molecule is Cc1cccc2[nH]cc(CCNC(N)=NCCC(C)C)c12.I. The average molecular weight is 414 g/mol. The molecule has 5 heteroatoms. The molecule has 1 heterocycles. The van der Waals surface area contributed by atoms with Crippen molar-refractivity contribution in [3.8, 4) is 0 Å². The summed E-state index contributed by atoms with van der Waals surface area (Å²) in [6.07, 6.45) is 4.10. The minimum absolute atomic E-state index is 0. The largest absolute Gasteiger partial charge is 0.370 e. The van der Waals surface area contributed by atoms with Crippen molar-refractivity contribution in [1.29, 1.82) is 0 Å². The van der Waals surface area contributed by atoms with Gasteiger partial charge in [-0.15, -0.1) is 24.0 Å². The highest BCUT2D eigenvalue weighted by atomic mass is 127. The molecule has 0 spiro atoms. The zero-order valence-corrected chi connectivity index (χ0v) is 16.0. The van der Waals surface area contributed by atoms with Gasteiger partial charge in [0.15, 0.2) is 5.96 Å². The van der Waals surface area contributed by atoms with Crippen LogP contribution in [0.1, 0.15) is 31.4 Å². The first-order valence-corrected chi connectivity index (χ1v) is 7.67. The van der Waals surface area contributed by atoms with Crippen LogP contribution in [-0.2, 0) is 6.42 Å². The minimum Gasteiger partial charge on any atom is -0.370 e. The molecule has 4 N–H and O–H groups in total. The first kappa shape index (κ1) is 18.8. The molecule has 0 fully saturated rings. The third-order valence-corrected chi connectivity index (χ3v) is 3.68. The van der Waals surface area contributed by atoms with Gasteiger partial charge in [0.1, 0.15) is 0 Å². The highest BCUT2D eigenvalue weighted by Gasteiger charge is 2.05. The smallest absolute Gasteiger partial charge is 0.188 e. The van der Waals surface area contributed by atoms with E-state index < -0.39 is 0 Å². The first-order valence-electron chi connectivity index (χ1n) is 7.67. The van der Waals surface area contributed by atoms with Gasteiger partial charge in [-0.05, 0) is 42.9 Å². The normalized spacial score (nSPS) is 11.7. The second-order valence-electron chi connectivity index (χ2n) is 5.94. The standard InChI is InChI=1S/C17H26N4.HI/c1-12(2)7-9-19-17(18)20-10-8-14-11-21-15-6-4-5-13(3)16(14)15;/h4-6,11-12,21H,7-10H2,1-3H3,(H3,18,19,20);1H. The molecular weight excluding hydrogens is 387 g/mol. The van der Waals surface area contributed by atoms with Gasteiger partial charge in [-0.25, -0.2) is 0 Å². The maximum absolute atomic E-state index is 5.87. The van der Waals surface area contributed by atoms with Crippen LogP contribution >= 0.6 is 24.0 Å². The molecule has 4 nitrogen and oxygen atoms in total. The molecule has 0 saturated carbocycles. The average Bonchev–Trinajstić information content (AvgIpc) is 2.83. The predicted octanol–water partition coefficient (Wildman–Crippen LogP) is 3.59. The number of H-pyrrole nitrogens is 1. The van der Waals surface area contributed by atoms with Gasteiger partial charge in [0.25, 0.3) is 0 Å². The Balaban J connectivity index is 0.00000242. The number of guanidine groups is 1. The highest BCUT2D eigenvalue weighted by Crippen LogP contribution is 2.22. The summed E-state index contributed by atoms with van der Waals surface area (Å²) in [6, 6.07) is 6.34. The van der Waals surface area contributed by atoms with Crippen LogP contribution < -0.4 is 11.1 Å². The van der Waals surface area contributed by atoms with Crippen LogP contribution in [0.4, 0.5) is 0 Å². The fourth-order valence-electron chi connectivity index (χ4n) is 2.47. The number of benzene rings is 1. The maximum atomic E-state index is 5.87. The van der Waals surface area contributed by atoms with Gasteiger partial charge in [-0.1, -0.05) is 26.0 Å². The number of nitrogens with one attached hydrogen (secondary N) is 2.